The predicted octanol–water partition coefficient (Wildman–Crippen LogP) is 3.57. The molecule has 1 atom stereocenters. The van der Waals surface area contributed by atoms with Crippen molar-refractivity contribution >= 4 is 17.7 Å². The van der Waals surface area contributed by atoms with Crippen molar-refractivity contribution in [2.75, 3.05) is 11.4 Å². The number of nitrogens with zero attached hydrogens (tertiary/aromatic N) is 4. The van der Waals surface area contributed by atoms with Gasteiger partial charge in [0.2, 0.25) is 18.2 Å². The summed E-state index contributed by atoms with van der Waals surface area (Å²) in [7, 11) is 0. The van der Waals surface area contributed by atoms with Crippen LogP contribution in [0.2, 0.25) is 0 Å². The van der Waals surface area contributed by atoms with Gasteiger partial charge in [-0.3, -0.25) is 9.78 Å². The second-order valence-corrected chi connectivity index (χ2v) is 7.93. The van der Waals surface area contributed by atoms with Crippen LogP contribution in [0.25, 0.3) is 22.6 Å². The van der Waals surface area contributed by atoms with E-state index in [1.165, 1.54) is 6.39 Å². The van der Waals surface area contributed by atoms with Gasteiger partial charge in [-0.2, -0.15) is 0 Å². The number of amides is 2. The molecular weight excluding hydrogens is 434 g/mol. The maximum atomic E-state index is 13.6. The number of hydrogen-bond donors (Lipinski definition) is 2. The van der Waals surface area contributed by atoms with Gasteiger partial charge in [-0.15, -0.1) is 10.2 Å². The van der Waals surface area contributed by atoms with Crippen molar-refractivity contribution in [2.24, 2.45) is 0 Å². The summed E-state index contributed by atoms with van der Waals surface area (Å²) in [6.07, 6.45) is 4.25. The van der Waals surface area contributed by atoms with E-state index >= 15 is 0 Å². The summed E-state index contributed by atoms with van der Waals surface area (Å²) < 4.78 is 5.48. The third kappa shape index (κ3) is 4.23. The van der Waals surface area contributed by atoms with Gasteiger partial charge in [0.1, 0.15) is 6.04 Å². The molecule has 2 aromatic heterocycles. The minimum Gasteiger partial charge on any atom is -0.465 e. The number of rotatable bonds is 6. The Labute approximate surface area is 195 Å². The molecule has 0 aliphatic carbocycles. The summed E-state index contributed by atoms with van der Waals surface area (Å²) in [5, 5.41) is 19.7. The average molecular weight is 455 g/mol. The van der Waals surface area contributed by atoms with Crippen molar-refractivity contribution < 1.29 is 19.1 Å². The van der Waals surface area contributed by atoms with E-state index in [4.69, 9.17) is 4.42 Å². The van der Waals surface area contributed by atoms with E-state index in [0.717, 1.165) is 27.8 Å². The van der Waals surface area contributed by atoms with Crippen molar-refractivity contribution in [2.45, 2.75) is 18.9 Å². The van der Waals surface area contributed by atoms with Crippen molar-refractivity contribution in [3.63, 3.8) is 0 Å². The Kier molecular flexibility index (Phi) is 5.73. The number of pyridine rings is 1. The highest BCUT2D eigenvalue weighted by molar-refractivity contribution is 6.02. The van der Waals surface area contributed by atoms with Gasteiger partial charge in [-0.25, -0.2) is 4.79 Å². The predicted molar refractivity (Wildman–Crippen MR) is 124 cm³/mol. The van der Waals surface area contributed by atoms with E-state index in [9.17, 15) is 14.7 Å². The molecular formula is C25H21N5O4. The van der Waals surface area contributed by atoms with Crippen molar-refractivity contribution in [3.8, 4) is 22.6 Å². The Hall–Kier alpha value is -4.53. The van der Waals surface area contributed by atoms with Crippen LogP contribution < -0.4 is 10.2 Å². The molecule has 0 saturated heterocycles. The standard InChI is InChI=1S/C25H21N5O4/c31-24(21(28-25(32)33)12-16-4-2-1-3-5-16)30-11-8-19-20(23-29-27-15-34-23)13-18(14-22(19)30)17-6-9-26-10-7-17/h1-7,9-10,13-15,21,28H,8,11-12H2,(H,32,33). The van der Waals surface area contributed by atoms with Crippen molar-refractivity contribution in [3.05, 3.63) is 84.5 Å². The fourth-order valence-electron chi connectivity index (χ4n) is 4.31. The van der Waals surface area contributed by atoms with Crippen LogP contribution in [0.1, 0.15) is 11.1 Å². The van der Waals surface area contributed by atoms with Crippen LogP contribution in [-0.4, -0.2) is 44.9 Å². The smallest absolute Gasteiger partial charge is 0.405 e. The van der Waals surface area contributed by atoms with E-state index in [1.807, 2.05) is 54.6 Å². The number of carbonyl (C=O) groups excluding carboxylic acids is 1. The van der Waals surface area contributed by atoms with E-state index in [-0.39, 0.29) is 12.3 Å². The number of fused-ring (bicyclic) bond motifs is 1. The molecule has 1 aliphatic heterocycles. The van der Waals surface area contributed by atoms with Crippen LogP contribution in [0.15, 0.2) is 77.8 Å². The molecule has 4 aromatic rings. The maximum absolute atomic E-state index is 13.6. The van der Waals surface area contributed by atoms with E-state index in [0.29, 0.717) is 24.5 Å². The zero-order valence-corrected chi connectivity index (χ0v) is 18.1. The third-order valence-electron chi connectivity index (χ3n) is 5.85. The molecule has 34 heavy (non-hydrogen) atoms. The molecule has 0 saturated carbocycles. The molecule has 9 heteroatoms. The third-order valence-corrected chi connectivity index (χ3v) is 5.85. The number of aromatic nitrogens is 3. The lowest BCUT2D eigenvalue weighted by atomic mass is 9.97. The lowest BCUT2D eigenvalue weighted by Crippen LogP contribution is -2.49. The summed E-state index contributed by atoms with van der Waals surface area (Å²) >= 11 is 0. The van der Waals surface area contributed by atoms with Gasteiger partial charge in [-0.05, 0) is 52.9 Å². The number of carboxylic acid groups (broad SMARTS) is 1. The summed E-state index contributed by atoms with van der Waals surface area (Å²) in [5.41, 5.74) is 5.01. The monoisotopic (exact) mass is 455 g/mol. The van der Waals surface area contributed by atoms with Gasteiger partial charge >= 0.3 is 6.09 Å². The van der Waals surface area contributed by atoms with Gasteiger partial charge in [0.25, 0.3) is 0 Å². The fourth-order valence-corrected chi connectivity index (χ4v) is 4.31. The van der Waals surface area contributed by atoms with Crippen LogP contribution in [-0.2, 0) is 17.6 Å². The molecule has 2 aromatic carbocycles. The molecule has 0 spiro atoms. The number of anilines is 1. The Bertz CT molecular complexity index is 1310. The zero-order chi connectivity index (χ0) is 23.5. The lowest BCUT2D eigenvalue weighted by molar-refractivity contribution is -0.120. The van der Waals surface area contributed by atoms with E-state index in [2.05, 4.69) is 20.5 Å². The molecule has 9 nitrogen and oxygen atoms in total. The first-order chi connectivity index (χ1) is 16.6. The molecule has 3 heterocycles. The second-order valence-electron chi connectivity index (χ2n) is 7.93. The molecule has 2 N–H and O–H groups in total. The van der Waals surface area contributed by atoms with Gasteiger partial charge in [0, 0.05) is 36.6 Å². The van der Waals surface area contributed by atoms with Gasteiger partial charge in [-0.1, -0.05) is 30.3 Å². The molecule has 5 rings (SSSR count). The number of nitrogens with one attached hydrogen (secondary N) is 1. The Morgan fingerprint density at radius 1 is 1.09 bits per heavy atom. The Morgan fingerprint density at radius 3 is 2.59 bits per heavy atom. The summed E-state index contributed by atoms with van der Waals surface area (Å²) in [6.45, 7) is 0.418. The Morgan fingerprint density at radius 2 is 1.88 bits per heavy atom. The van der Waals surface area contributed by atoms with Crippen molar-refractivity contribution in [1.29, 1.82) is 0 Å². The molecule has 2 amide bonds. The van der Waals surface area contributed by atoms with Gasteiger partial charge in [0.15, 0.2) is 0 Å². The first-order valence-electron chi connectivity index (χ1n) is 10.8. The maximum Gasteiger partial charge on any atom is 0.405 e. The van der Waals surface area contributed by atoms with Crippen LogP contribution in [0, 0.1) is 0 Å². The summed E-state index contributed by atoms with van der Waals surface area (Å²) in [5.74, 6) is 0.0549. The highest BCUT2D eigenvalue weighted by atomic mass is 16.4. The van der Waals surface area contributed by atoms with E-state index < -0.39 is 12.1 Å². The van der Waals surface area contributed by atoms with Crippen LogP contribution in [0.5, 0.6) is 0 Å². The summed E-state index contributed by atoms with van der Waals surface area (Å²) in [6, 6.07) is 16.1. The quantitative estimate of drug-likeness (QED) is 0.456. The molecule has 0 bridgehead atoms. The highest BCUT2D eigenvalue weighted by Crippen LogP contribution is 2.40. The average Bonchev–Trinajstić information content (AvgIpc) is 3.54. The van der Waals surface area contributed by atoms with E-state index in [1.54, 1.807) is 17.3 Å². The van der Waals surface area contributed by atoms with Gasteiger partial charge < -0.3 is 19.7 Å². The summed E-state index contributed by atoms with van der Waals surface area (Å²) in [4.78, 5) is 30.9. The highest BCUT2D eigenvalue weighted by Gasteiger charge is 2.34. The zero-order valence-electron chi connectivity index (χ0n) is 18.1. The first kappa shape index (κ1) is 21.3. The second kappa shape index (κ2) is 9.14. The minimum atomic E-state index is -1.24. The van der Waals surface area contributed by atoms with Crippen LogP contribution in [0.3, 0.4) is 0 Å². The largest absolute Gasteiger partial charge is 0.465 e. The minimum absolute atomic E-state index is 0.248. The number of hydrogen-bond acceptors (Lipinski definition) is 6. The molecule has 0 fully saturated rings. The fraction of sp³-hybridized carbons (Fsp3) is 0.160. The normalized spacial score (nSPS) is 13.4. The topological polar surface area (TPSA) is 121 Å². The van der Waals surface area contributed by atoms with Crippen LogP contribution >= 0.6 is 0 Å². The van der Waals surface area contributed by atoms with Crippen LogP contribution in [0.4, 0.5) is 10.5 Å². The van der Waals surface area contributed by atoms with Crippen molar-refractivity contribution in [1.82, 2.24) is 20.5 Å². The molecule has 1 aliphatic rings. The molecule has 0 radical (unpaired) electrons. The lowest BCUT2D eigenvalue weighted by Gasteiger charge is -2.25. The van der Waals surface area contributed by atoms with Gasteiger partial charge in [0.05, 0.1) is 0 Å². The number of benzene rings is 2. The number of carbonyl (C=O) groups is 2. The SMILES string of the molecule is O=C(O)NC(Cc1ccccc1)C(=O)N1CCc2c(-c3nnco3)cc(-c3ccncc3)cc21. The first-order valence-corrected chi connectivity index (χ1v) is 10.8. The molecule has 1 unspecified atom stereocenters. The molecule has 170 valence electrons. The Balaban J connectivity index is 1.55.